The van der Waals surface area contributed by atoms with Gasteiger partial charge in [0, 0.05) is 29.9 Å². The van der Waals surface area contributed by atoms with Gasteiger partial charge in [-0.1, -0.05) is 11.6 Å². The molecular weight excluding hydrogens is 294 g/mol. The minimum Gasteiger partial charge on any atom is -0.348 e. The third-order valence-electron chi connectivity index (χ3n) is 3.56. The van der Waals surface area contributed by atoms with E-state index >= 15 is 0 Å². The molecule has 0 unspecified atom stereocenters. The lowest BCUT2D eigenvalue weighted by molar-refractivity contribution is 0.0950. The van der Waals surface area contributed by atoms with Crippen LogP contribution >= 0.6 is 0 Å². The second-order valence-electron chi connectivity index (χ2n) is 5.34. The maximum absolute atomic E-state index is 12.1. The predicted molar refractivity (Wildman–Crippen MR) is 87.5 cm³/mol. The maximum Gasteiger partial charge on any atom is 0.253 e. The number of aromatic amines is 2. The van der Waals surface area contributed by atoms with Gasteiger partial charge in [-0.3, -0.25) is 14.4 Å². The van der Waals surface area contributed by atoms with Crippen LogP contribution in [0.15, 0.2) is 52.2 Å². The average Bonchev–Trinajstić information content (AvgIpc) is 2.53. The first-order valence-corrected chi connectivity index (χ1v) is 7.12. The van der Waals surface area contributed by atoms with Gasteiger partial charge in [0.25, 0.3) is 11.5 Å². The SMILES string of the molecule is Cc1ccc2[nH]c(=O)c(CNC(=O)c3ccc(=O)[nH]c3)cc2c1. The molecule has 0 spiro atoms. The average molecular weight is 309 g/mol. The quantitative estimate of drug-likeness (QED) is 0.683. The molecule has 3 aromatic rings. The first-order chi connectivity index (χ1) is 11.0. The van der Waals surface area contributed by atoms with E-state index in [1.807, 2.05) is 25.1 Å². The topological polar surface area (TPSA) is 94.8 Å². The standard InChI is InChI=1S/C17H15N3O3/c1-10-2-4-14-12(6-10)7-13(17(23)20-14)9-19-16(22)11-3-5-15(21)18-8-11/h2-8H,9H2,1H3,(H,18,21)(H,19,22)(H,20,23). The van der Waals surface area contributed by atoms with E-state index in [0.29, 0.717) is 11.1 Å². The Balaban J connectivity index is 1.82. The van der Waals surface area contributed by atoms with E-state index in [2.05, 4.69) is 15.3 Å². The fraction of sp³-hybridized carbons (Fsp3) is 0.118. The second-order valence-corrected chi connectivity index (χ2v) is 5.34. The highest BCUT2D eigenvalue weighted by Gasteiger charge is 2.08. The summed E-state index contributed by atoms with van der Waals surface area (Å²) >= 11 is 0. The fourth-order valence-electron chi connectivity index (χ4n) is 2.33. The normalized spacial score (nSPS) is 10.7. The van der Waals surface area contributed by atoms with Gasteiger partial charge >= 0.3 is 0 Å². The van der Waals surface area contributed by atoms with Gasteiger partial charge in [0.15, 0.2) is 0 Å². The Hall–Kier alpha value is -3.15. The minimum atomic E-state index is -0.356. The summed E-state index contributed by atoms with van der Waals surface area (Å²) in [5.74, 6) is -0.356. The Morgan fingerprint density at radius 1 is 1.13 bits per heavy atom. The Morgan fingerprint density at radius 3 is 2.70 bits per heavy atom. The van der Waals surface area contributed by atoms with Crippen LogP contribution in [0.5, 0.6) is 0 Å². The van der Waals surface area contributed by atoms with Crippen LogP contribution in [0.1, 0.15) is 21.5 Å². The van der Waals surface area contributed by atoms with Crippen molar-refractivity contribution in [1.29, 1.82) is 0 Å². The van der Waals surface area contributed by atoms with Gasteiger partial charge in [0.1, 0.15) is 0 Å². The van der Waals surface area contributed by atoms with E-state index < -0.39 is 0 Å². The lowest BCUT2D eigenvalue weighted by atomic mass is 10.1. The van der Waals surface area contributed by atoms with Crippen molar-refractivity contribution >= 4 is 16.8 Å². The summed E-state index contributed by atoms with van der Waals surface area (Å²) in [5, 5.41) is 3.59. The van der Waals surface area contributed by atoms with E-state index in [0.717, 1.165) is 16.5 Å². The molecule has 1 aromatic carbocycles. The zero-order chi connectivity index (χ0) is 16.4. The largest absolute Gasteiger partial charge is 0.348 e. The molecule has 3 rings (SSSR count). The van der Waals surface area contributed by atoms with Gasteiger partial charge in [-0.25, -0.2) is 0 Å². The summed E-state index contributed by atoms with van der Waals surface area (Å²) in [5.41, 5.74) is 2.15. The van der Waals surface area contributed by atoms with Gasteiger partial charge in [-0.2, -0.15) is 0 Å². The molecule has 0 aliphatic rings. The maximum atomic E-state index is 12.1. The van der Waals surface area contributed by atoms with Crippen molar-refractivity contribution in [3.05, 3.63) is 80.0 Å². The number of aryl methyl sites for hydroxylation is 1. The molecule has 0 radical (unpaired) electrons. The van der Waals surface area contributed by atoms with E-state index in [4.69, 9.17) is 0 Å². The Morgan fingerprint density at radius 2 is 1.96 bits per heavy atom. The molecule has 2 heterocycles. The number of H-pyrrole nitrogens is 2. The molecule has 6 heteroatoms. The molecule has 6 nitrogen and oxygen atoms in total. The van der Waals surface area contributed by atoms with E-state index in [1.54, 1.807) is 6.07 Å². The summed E-state index contributed by atoms with van der Waals surface area (Å²) in [6.07, 6.45) is 1.34. The highest BCUT2D eigenvalue weighted by atomic mass is 16.2. The van der Waals surface area contributed by atoms with Gasteiger partial charge in [0.2, 0.25) is 5.56 Å². The van der Waals surface area contributed by atoms with E-state index in [-0.39, 0.29) is 23.6 Å². The molecule has 0 bridgehead atoms. The van der Waals surface area contributed by atoms with Crippen molar-refractivity contribution in [1.82, 2.24) is 15.3 Å². The molecule has 0 aliphatic carbocycles. The zero-order valence-corrected chi connectivity index (χ0v) is 12.5. The summed E-state index contributed by atoms with van der Waals surface area (Å²) in [4.78, 5) is 40.3. The number of carbonyl (C=O) groups is 1. The number of rotatable bonds is 3. The number of aromatic nitrogens is 2. The third-order valence-corrected chi connectivity index (χ3v) is 3.56. The van der Waals surface area contributed by atoms with Gasteiger partial charge in [-0.15, -0.1) is 0 Å². The molecule has 0 saturated heterocycles. The molecule has 2 aromatic heterocycles. The Bertz CT molecular complexity index is 981. The molecule has 116 valence electrons. The van der Waals surface area contributed by atoms with Crippen LogP contribution in [0.4, 0.5) is 0 Å². The highest BCUT2D eigenvalue weighted by molar-refractivity contribution is 5.93. The number of nitrogens with one attached hydrogen (secondary N) is 3. The molecule has 1 amide bonds. The zero-order valence-electron chi connectivity index (χ0n) is 12.5. The molecule has 3 N–H and O–H groups in total. The van der Waals surface area contributed by atoms with Crippen molar-refractivity contribution in [2.75, 3.05) is 0 Å². The summed E-state index contributed by atoms with van der Waals surface area (Å²) < 4.78 is 0. The Labute approximate surface area is 131 Å². The van der Waals surface area contributed by atoms with Crippen molar-refractivity contribution in [3.8, 4) is 0 Å². The number of hydrogen-bond acceptors (Lipinski definition) is 3. The van der Waals surface area contributed by atoms with Crippen molar-refractivity contribution in [3.63, 3.8) is 0 Å². The number of carbonyl (C=O) groups excluding carboxylic acids is 1. The fourth-order valence-corrected chi connectivity index (χ4v) is 2.33. The number of hydrogen-bond donors (Lipinski definition) is 3. The van der Waals surface area contributed by atoms with Crippen LogP contribution in [-0.4, -0.2) is 15.9 Å². The van der Waals surface area contributed by atoms with E-state index in [1.165, 1.54) is 18.3 Å². The molecule has 0 saturated carbocycles. The minimum absolute atomic E-state index is 0.108. The first kappa shape index (κ1) is 14.8. The Kier molecular flexibility index (Phi) is 3.80. The summed E-state index contributed by atoms with van der Waals surface area (Å²) in [7, 11) is 0. The van der Waals surface area contributed by atoms with E-state index in [9.17, 15) is 14.4 Å². The van der Waals surface area contributed by atoms with Crippen LogP contribution in [0, 0.1) is 6.92 Å². The predicted octanol–water partition coefficient (Wildman–Crippen LogP) is 1.45. The summed E-state index contributed by atoms with van der Waals surface area (Å²) in [6, 6.07) is 10.2. The molecular formula is C17H15N3O3. The second kappa shape index (κ2) is 5.92. The van der Waals surface area contributed by atoms with Crippen LogP contribution in [0.2, 0.25) is 0 Å². The van der Waals surface area contributed by atoms with Crippen molar-refractivity contribution in [2.45, 2.75) is 13.5 Å². The van der Waals surface area contributed by atoms with Crippen LogP contribution in [0.25, 0.3) is 10.9 Å². The smallest absolute Gasteiger partial charge is 0.253 e. The monoisotopic (exact) mass is 309 g/mol. The third kappa shape index (κ3) is 3.21. The van der Waals surface area contributed by atoms with Gasteiger partial charge < -0.3 is 15.3 Å². The lowest BCUT2D eigenvalue weighted by Crippen LogP contribution is -2.27. The van der Waals surface area contributed by atoms with Crippen LogP contribution in [0.3, 0.4) is 0 Å². The van der Waals surface area contributed by atoms with Crippen molar-refractivity contribution in [2.24, 2.45) is 0 Å². The number of amides is 1. The number of fused-ring (bicyclic) bond motifs is 1. The molecule has 0 fully saturated rings. The summed E-state index contributed by atoms with van der Waals surface area (Å²) in [6.45, 7) is 2.08. The van der Waals surface area contributed by atoms with Gasteiger partial charge in [0.05, 0.1) is 5.56 Å². The number of benzene rings is 1. The lowest BCUT2D eigenvalue weighted by Gasteiger charge is -2.06. The number of pyridine rings is 2. The molecule has 23 heavy (non-hydrogen) atoms. The van der Waals surface area contributed by atoms with Crippen LogP contribution in [-0.2, 0) is 6.54 Å². The van der Waals surface area contributed by atoms with Crippen LogP contribution < -0.4 is 16.4 Å². The highest BCUT2D eigenvalue weighted by Crippen LogP contribution is 2.13. The van der Waals surface area contributed by atoms with Crippen molar-refractivity contribution < 1.29 is 4.79 Å². The van der Waals surface area contributed by atoms with Gasteiger partial charge in [-0.05, 0) is 36.6 Å². The molecule has 0 atom stereocenters. The first-order valence-electron chi connectivity index (χ1n) is 7.12. The molecule has 0 aliphatic heterocycles.